The Morgan fingerprint density at radius 2 is 2.06 bits per heavy atom. The van der Waals surface area contributed by atoms with Crippen molar-refractivity contribution in [2.75, 3.05) is 30.4 Å². The van der Waals surface area contributed by atoms with Crippen LogP contribution in [0, 0.1) is 5.82 Å². The van der Waals surface area contributed by atoms with Crippen LogP contribution < -0.4 is 10.2 Å². The Balaban J connectivity index is 1.40. The minimum absolute atomic E-state index is 0.0404. The van der Waals surface area contributed by atoms with Crippen LogP contribution in [0.15, 0.2) is 30.6 Å². The van der Waals surface area contributed by atoms with Crippen LogP contribution in [0.4, 0.5) is 15.5 Å². The number of halogens is 2. The molecule has 4 heterocycles. The van der Waals surface area contributed by atoms with Crippen LogP contribution in [0.1, 0.15) is 37.5 Å². The lowest BCUT2D eigenvalue weighted by molar-refractivity contribution is -0.0178. The van der Waals surface area contributed by atoms with Gasteiger partial charge >= 0.3 is 0 Å². The minimum Gasteiger partial charge on any atom is -0.367 e. The van der Waals surface area contributed by atoms with E-state index in [9.17, 15) is 4.39 Å². The molecular weight excluding hydrogens is 477 g/mol. The Labute approximate surface area is 204 Å². The third kappa shape index (κ3) is 3.99. The topological polar surface area (TPSA) is 81.0 Å². The van der Waals surface area contributed by atoms with Crippen molar-refractivity contribution in [3.63, 3.8) is 0 Å². The molecule has 2 aliphatic rings. The van der Waals surface area contributed by atoms with E-state index in [-0.39, 0.29) is 12.2 Å². The Hall–Kier alpha value is -2.82. The third-order valence-electron chi connectivity index (χ3n) is 6.10. The molecule has 2 fully saturated rings. The van der Waals surface area contributed by atoms with Gasteiger partial charge < -0.3 is 15.0 Å². The van der Waals surface area contributed by atoms with E-state index < -0.39 is 5.82 Å². The molecule has 1 aliphatic heterocycles. The van der Waals surface area contributed by atoms with Gasteiger partial charge in [-0.25, -0.2) is 9.37 Å². The molecule has 0 amide bonds. The lowest BCUT2D eigenvalue weighted by Crippen LogP contribution is -2.43. The number of anilines is 2. The predicted octanol–water partition coefficient (Wildman–Crippen LogP) is 5.09. The average molecular weight is 500 g/mol. The highest BCUT2D eigenvalue weighted by molar-refractivity contribution is 7.22. The van der Waals surface area contributed by atoms with Crippen molar-refractivity contribution in [2.45, 2.75) is 38.0 Å². The van der Waals surface area contributed by atoms with E-state index in [2.05, 4.69) is 26.5 Å². The molecule has 176 valence electrons. The van der Waals surface area contributed by atoms with Gasteiger partial charge in [-0.3, -0.25) is 4.68 Å². The van der Waals surface area contributed by atoms with Gasteiger partial charge in [0.25, 0.3) is 0 Å². The molecule has 0 radical (unpaired) electrons. The lowest BCUT2D eigenvalue weighted by Gasteiger charge is -2.36. The fourth-order valence-corrected chi connectivity index (χ4v) is 5.30. The highest BCUT2D eigenvalue weighted by atomic mass is 35.5. The van der Waals surface area contributed by atoms with Crippen molar-refractivity contribution < 1.29 is 9.13 Å². The molecule has 1 saturated carbocycles. The highest BCUT2D eigenvalue weighted by Gasteiger charge is 2.32. The van der Waals surface area contributed by atoms with Crippen molar-refractivity contribution in [3.05, 3.63) is 47.0 Å². The minimum atomic E-state index is -0.432. The number of fused-ring (bicyclic) bond motifs is 1. The van der Waals surface area contributed by atoms with Gasteiger partial charge in [0.2, 0.25) is 5.95 Å². The first-order valence-electron chi connectivity index (χ1n) is 11.2. The molecular formula is C23H23ClFN7OS. The van der Waals surface area contributed by atoms with Crippen LogP contribution in [0.5, 0.6) is 0 Å². The average Bonchev–Trinajstić information content (AvgIpc) is 3.39. The van der Waals surface area contributed by atoms with E-state index in [1.807, 2.05) is 17.8 Å². The number of benzene rings is 1. The largest absolute Gasteiger partial charge is 0.367 e. The number of rotatable bonds is 5. The molecule has 0 spiro atoms. The zero-order valence-electron chi connectivity index (χ0n) is 18.7. The summed E-state index contributed by atoms with van der Waals surface area (Å²) in [6, 6.07) is 5.13. The Morgan fingerprint density at radius 3 is 2.82 bits per heavy atom. The van der Waals surface area contributed by atoms with Gasteiger partial charge in [-0.1, -0.05) is 22.9 Å². The number of thiazole rings is 1. The summed E-state index contributed by atoms with van der Waals surface area (Å²) >= 11 is 7.39. The normalized spacial score (nSPS) is 20.8. The Bertz CT molecular complexity index is 1370. The fourth-order valence-electron chi connectivity index (χ4n) is 4.28. The number of hydrogen-bond acceptors (Lipinski definition) is 8. The number of nitrogens with zero attached hydrogens (tertiary/aromatic N) is 6. The molecule has 0 bridgehead atoms. The molecule has 1 aromatic carbocycles. The van der Waals surface area contributed by atoms with Crippen molar-refractivity contribution in [1.29, 1.82) is 0 Å². The summed E-state index contributed by atoms with van der Waals surface area (Å²) < 4.78 is 23.9. The molecule has 8 nitrogen and oxygen atoms in total. The van der Waals surface area contributed by atoms with E-state index in [1.54, 1.807) is 19.2 Å². The second-order valence-electron chi connectivity index (χ2n) is 8.74. The molecule has 1 aliphatic carbocycles. The monoisotopic (exact) mass is 499 g/mol. The van der Waals surface area contributed by atoms with Crippen LogP contribution in [0.3, 0.4) is 0 Å². The third-order valence-corrected chi connectivity index (χ3v) is 7.40. The molecule has 2 unspecified atom stereocenters. The second-order valence-corrected chi connectivity index (χ2v) is 10.2. The summed E-state index contributed by atoms with van der Waals surface area (Å²) in [5.41, 5.74) is 2.44. The predicted molar refractivity (Wildman–Crippen MR) is 131 cm³/mol. The van der Waals surface area contributed by atoms with E-state index in [4.69, 9.17) is 26.3 Å². The molecule has 34 heavy (non-hydrogen) atoms. The molecule has 2 atom stereocenters. The smallest absolute Gasteiger partial charge is 0.228 e. The summed E-state index contributed by atoms with van der Waals surface area (Å²) in [5, 5.41) is 8.60. The van der Waals surface area contributed by atoms with Crippen LogP contribution in [-0.2, 0) is 4.74 Å². The summed E-state index contributed by atoms with van der Waals surface area (Å²) in [7, 11) is 1.80. The van der Waals surface area contributed by atoms with Crippen LogP contribution in [0.25, 0.3) is 21.6 Å². The van der Waals surface area contributed by atoms with Gasteiger partial charge in [-0.05, 0) is 38.0 Å². The number of hydrogen-bond donors (Lipinski definition) is 1. The first-order chi connectivity index (χ1) is 16.5. The molecule has 6 rings (SSSR count). The number of nitrogens with one attached hydrogen (secondary N) is 1. The highest BCUT2D eigenvalue weighted by Crippen LogP contribution is 2.38. The summed E-state index contributed by atoms with van der Waals surface area (Å²) in [4.78, 5) is 16.3. The maximum Gasteiger partial charge on any atom is 0.228 e. The van der Waals surface area contributed by atoms with Gasteiger partial charge in [0.05, 0.1) is 30.6 Å². The van der Waals surface area contributed by atoms with Crippen LogP contribution in [0.2, 0.25) is 5.02 Å². The maximum atomic E-state index is 14.9. The zero-order chi connectivity index (χ0) is 23.4. The number of morpholine rings is 1. The van der Waals surface area contributed by atoms with E-state index in [0.29, 0.717) is 52.1 Å². The maximum absolute atomic E-state index is 14.9. The quantitative estimate of drug-likeness (QED) is 0.410. The van der Waals surface area contributed by atoms with Crippen molar-refractivity contribution >= 4 is 44.4 Å². The van der Waals surface area contributed by atoms with Crippen molar-refractivity contribution in [1.82, 2.24) is 24.7 Å². The molecule has 1 N–H and O–H groups in total. The standard InChI is InChI=1S/C23H23ClFN7OS/c1-12-9-31(11-18(33-12)13-8-27-32(10-13)15-4-5-15)22-28-19(16-6-3-14(24)7-17(16)25)20-21(29-22)30-23(26-2)34-20/h3,6-8,10,12,15,18H,4-5,9,11H2,1-2H3,(H,26,28,29,30). The zero-order valence-corrected chi connectivity index (χ0v) is 20.3. The van der Waals surface area contributed by atoms with Crippen LogP contribution in [-0.4, -0.2) is 51.0 Å². The molecule has 3 aromatic heterocycles. The van der Waals surface area contributed by atoms with E-state index in [0.717, 1.165) is 10.3 Å². The number of aromatic nitrogens is 5. The van der Waals surface area contributed by atoms with Crippen molar-refractivity contribution in [3.8, 4) is 11.3 Å². The van der Waals surface area contributed by atoms with Gasteiger partial charge in [0, 0.05) is 35.9 Å². The lowest BCUT2D eigenvalue weighted by atomic mass is 10.1. The van der Waals surface area contributed by atoms with Gasteiger partial charge in [-0.15, -0.1) is 0 Å². The first-order valence-corrected chi connectivity index (χ1v) is 12.4. The van der Waals surface area contributed by atoms with Gasteiger partial charge in [-0.2, -0.15) is 15.1 Å². The summed E-state index contributed by atoms with van der Waals surface area (Å²) in [5.74, 6) is 0.0677. The Kier molecular flexibility index (Phi) is 5.39. The van der Waals surface area contributed by atoms with Crippen molar-refractivity contribution in [2.24, 2.45) is 0 Å². The first kappa shape index (κ1) is 21.7. The number of ether oxygens (including phenoxy) is 1. The van der Waals surface area contributed by atoms with E-state index >= 15 is 0 Å². The van der Waals surface area contributed by atoms with Gasteiger partial charge in [0.1, 0.15) is 16.6 Å². The second kappa shape index (κ2) is 8.44. The molecule has 4 aromatic rings. The molecule has 1 saturated heterocycles. The Morgan fingerprint density at radius 1 is 1.21 bits per heavy atom. The fraction of sp³-hybridized carbons (Fsp3) is 0.391. The molecule has 11 heteroatoms. The summed E-state index contributed by atoms with van der Waals surface area (Å²) in [6.07, 6.45) is 6.12. The van der Waals surface area contributed by atoms with E-state index in [1.165, 1.54) is 30.2 Å². The van der Waals surface area contributed by atoms with Crippen LogP contribution >= 0.6 is 22.9 Å². The summed E-state index contributed by atoms with van der Waals surface area (Å²) in [6.45, 7) is 3.22. The SMILES string of the molecule is CNc1nc2nc(N3CC(C)OC(c4cnn(C5CC5)c4)C3)nc(-c3ccc(Cl)cc3F)c2s1. The van der Waals surface area contributed by atoms with Gasteiger partial charge in [0.15, 0.2) is 10.8 Å².